The number of hydrogen-bond acceptors (Lipinski definition) is 2. The number of hydrogen-bond donors (Lipinski definition) is 1. The van der Waals surface area contributed by atoms with Crippen LogP contribution in [0.2, 0.25) is 0 Å². The zero-order valence-corrected chi connectivity index (χ0v) is 10.6. The van der Waals surface area contributed by atoms with Crippen molar-refractivity contribution < 1.29 is 4.79 Å². The molecular formula is C13H24N2O. The minimum atomic E-state index is 0.0411. The van der Waals surface area contributed by atoms with E-state index in [9.17, 15) is 4.79 Å². The molecule has 0 aromatic rings. The summed E-state index contributed by atoms with van der Waals surface area (Å²) in [6, 6.07) is 0.0411. The number of carbonyl (C=O) groups is 1. The van der Waals surface area contributed by atoms with Gasteiger partial charge in [0.05, 0.1) is 6.04 Å². The molecule has 2 aliphatic heterocycles. The molecule has 3 heteroatoms. The predicted molar refractivity (Wildman–Crippen MR) is 65.2 cm³/mol. The van der Waals surface area contributed by atoms with Gasteiger partial charge in [0.2, 0.25) is 5.91 Å². The van der Waals surface area contributed by atoms with E-state index in [0.717, 1.165) is 26.1 Å². The first-order valence-electron chi connectivity index (χ1n) is 6.63. The molecule has 92 valence electrons. The first-order valence-corrected chi connectivity index (χ1v) is 6.63. The molecule has 0 aliphatic carbocycles. The van der Waals surface area contributed by atoms with Crippen LogP contribution in [0.25, 0.3) is 0 Å². The Kier molecular flexibility index (Phi) is 3.53. The van der Waals surface area contributed by atoms with Crippen molar-refractivity contribution in [1.29, 1.82) is 0 Å². The lowest BCUT2D eigenvalue weighted by atomic mass is 9.77. The van der Waals surface area contributed by atoms with Gasteiger partial charge in [0.15, 0.2) is 0 Å². The van der Waals surface area contributed by atoms with Crippen LogP contribution in [0.15, 0.2) is 0 Å². The van der Waals surface area contributed by atoms with Gasteiger partial charge in [-0.25, -0.2) is 0 Å². The Labute approximate surface area is 98.6 Å². The summed E-state index contributed by atoms with van der Waals surface area (Å²) in [6.45, 7) is 7.35. The highest BCUT2D eigenvalue weighted by atomic mass is 16.2. The normalized spacial score (nSPS) is 30.1. The number of nitrogens with zero attached hydrogens (tertiary/aromatic N) is 1. The summed E-state index contributed by atoms with van der Waals surface area (Å²) in [5.41, 5.74) is 0.118. The van der Waals surface area contributed by atoms with Crippen LogP contribution in [-0.2, 0) is 4.79 Å². The Morgan fingerprint density at radius 3 is 2.50 bits per heavy atom. The second-order valence-electron chi connectivity index (χ2n) is 5.87. The molecule has 0 aromatic carbocycles. The van der Waals surface area contributed by atoms with Crippen LogP contribution in [0.5, 0.6) is 0 Å². The highest BCUT2D eigenvalue weighted by Crippen LogP contribution is 2.31. The average molecular weight is 224 g/mol. The van der Waals surface area contributed by atoms with Crippen LogP contribution in [0.4, 0.5) is 0 Å². The van der Waals surface area contributed by atoms with E-state index in [-0.39, 0.29) is 11.5 Å². The summed E-state index contributed by atoms with van der Waals surface area (Å²) in [7, 11) is 0. The number of carbonyl (C=O) groups excluding carboxylic acids is 1. The third kappa shape index (κ3) is 2.40. The third-order valence-corrected chi connectivity index (χ3v) is 4.04. The summed E-state index contributed by atoms with van der Waals surface area (Å²) in [6.07, 6.45) is 5.99. The van der Waals surface area contributed by atoms with E-state index in [1.54, 1.807) is 0 Å². The molecule has 2 rings (SSSR count). The standard InChI is InChI=1S/C13H24N2O/c1-13(2)7-6-8-14-11(13)12(16)15-9-4-3-5-10-15/h11,14H,3-10H2,1-2H3. The predicted octanol–water partition coefficient (Wildman–Crippen LogP) is 1.78. The van der Waals surface area contributed by atoms with Gasteiger partial charge in [0, 0.05) is 13.1 Å². The molecule has 1 N–H and O–H groups in total. The van der Waals surface area contributed by atoms with Crippen molar-refractivity contribution in [3.8, 4) is 0 Å². The number of nitrogens with one attached hydrogen (secondary N) is 1. The van der Waals surface area contributed by atoms with Gasteiger partial charge >= 0.3 is 0 Å². The van der Waals surface area contributed by atoms with E-state index >= 15 is 0 Å². The van der Waals surface area contributed by atoms with Gasteiger partial charge in [0.25, 0.3) is 0 Å². The second kappa shape index (κ2) is 4.74. The molecule has 16 heavy (non-hydrogen) atoms. The zero-order chi connectivity index (χ0) is 11.6. The van der Waals surface area contributed by atoms with Crippen molar-refractivity contribution in [2.24, 2.45) is 5.41 Å². The second-order valence-corrected chi connectivity index (χ2v) is 5.87. The zero-order valence-electron chi connectivity index (χ0n) is 10.6. The fraction of sp³-hybridized carbons (Fsp3) is 0.923. The summed E-state index contributed by atoms with van der Waals surface area (Å²) in [4.78, 5) is 14.5. The largest absolute Gasteiger partial charge is 0.341 e. The average Bonchev–Trinajstić information content (AvgIpc) is 2.29. The Hall–Kier alpha value is -0.570. The fourth-order valence-electron chi connectivity index (χ4n) is 2.93. The van der Waals surface area contributed by atoms with Gasteiger partial charge in [-0.15, -0.1) is 0 Å². The molecule has 1 atom stereocenters. The highest BCUT2D eigenvalue weighted by Gasteiger charge is 2.39. The topological polar surface area (TPSA) is 32.3 Å². The third-order valence-electron chi connectivity index (χ3n) is 4.04. The van der Waals surface area contributed by atoms with Gasteiger partial charge in [-0.3, -0.25) is 4.79 Å². The smallest absolute Gasteiger partial charge is 0.240 e. The summed E-state index contributed by atoms with van der Waals surface area (Å²) in [5, 5.41) is 3.42. The van der Waals surface area contributed by atoms with Gasteiger partial charge in [-0.2, -0.15) is 0 Å². The molecule has 2 aliphatic rings. The molecule has 0 bridgehead atoms. The minimum Gasteiger partial charge on any atom is -0.341 e. The maximum Gasteiger partial charge on any atom is 0.240 e. The lowest BCUT2D eigenvalue weighted by Gasteiger charge is -2.41. The molecule has 0 spiro atoms. The molecule has 0 saturated carbocycles. The summed E-state index contributed by atoms with van der Waals surface area (Å²) >= 11 is 0. The van der Waals surface area contributed by atoms with Crippen molar-refractivity contribution in [3.63, 3.8) is 0 Å². The maximum absolute atomic E-state index is 12.4. The minimum absolute atomic E-state index is 0.0411. The molecular weight excluding hydrogens is 200 g/mol. The fourth-order valence-corrected chi connectivity index (χ4v) is 2.93. The van der Waals surface area contributed by atoms with Gasteiger partial charge in [-0.1, -0.05) is 13.8 Å². The monoisotopic (exact) mass is 224 g/mol. The lowest BCUT2D eigenvalue weighted by molar-refractivity contribution is -0.138. The Balaban J connectivity index is 2.01. The van der Waals surface area contributed by atoms with Crippen molar-refractivity contribution in [2.75, 3.05) is 19.6 Å². The van der Waals surface area contributed by atoms with Crippen molar-refractivity contribution >= 4 is 5.91 Å². The summed E-state index contributed by atoms with van der Waals surface area (Å²) < 4.78 is 0. The van der Waals surface area contributed by atoms with Crippen LogP contribution in [-0.4, -0.2) is 36.5 Å². The summed E-state index contributed by atoms with van der Waals surface area (Å²) in [5.74, 6) is 0.337. The van der Waals surface area contributed by atoms with Gasteiger partial charge in [0.1, 0.15) is 0 Å². The number of rotatable bonds is 1. The van der Waals surface area contributed by atoms with E-state index < -0.39 is 0 Å². The Morgan fingerprint density at radius 2 is 1.88 bits per heavy atom. The Morgan fingerprint density at radius 1 is 1.19 bits per heavy atom. The van der Waals surface area contributed by atoms with Crippen LogP contribution in [0.1, 0.15) is 46.0 Å². The van der Waals surface area contributed by atoms with Gasteiger partial charge in [-0.05, 0) is 44.1 Å². The van der Waals surface area contributed by atoms with E-state index in [2.05, 4.69) is 24.1 Å². The Bertz CT molecular complexity index is 257. The molecule has 2 saturated heterocycles. The van der Waals surface area contributed by atoms with Gasteiger partial charge < -0.3 is 10.2 Å². The molecule has 0 aromatic heterocycles. The van der Waals surface area contributed by atoms with Crippen molar-refractivity contribution in [2.45, 2.75) is 52.0 Å². The number of piperidine rings is 2. The molecule has 1 amide bonds. The van der Waals surface area contributed by atoms with Crippen LogP contribution in [0, 0.1) is 5.41 Å². The molecule has 1 unspecified atom stereocenters. The van der Waals surface area contributed by atoms with E-state index in [0.29, 0.717) is 5.91 Å². The number of likely N-dealkylation sites (tertiary alicyclic amines) is 1. The first-order chi connectivity index (χ1) is 7.61. The molecule has 3 nitrogen and oxygen atoms in total. The van der Waals surface area contributed by atoms with Crippen molar-refractivity contribution in [3.05, 3.63) is 0 Å². The van der Waals surface area contributed by atoms with E-state index in [1.807, 2.05) is 0 Å². The van der Waals surface area contributed by atoms with Crippen LogP contribution in [0.3, 0.4) is 0 Å². The van der Waals surface area contributed by atoms with Crippen molar-refractivity contribution in [1.82, 2.24) is 10.2 Å². The quantitative estimate of drug-likeness (QED) is 0.736. The van der Waals surface area contributed by atoms with Crippen LogP contribution >= 0.6 is 0 Å². The van der Waals surface area contributed by atoms with Crippen LogP contribution < -0.4 is 5.32 Å². The first kappa shape index (κ1) is 11.9. The lowest BCUT2D eigenvalue weighted by Crippen LogP contribution is -2.57. The maximum atomic E-state index is 12.4. The highest BCUT2D eigenvalue weighted by molar-refractivity contribution is 5.83. The molecule has 2 fully saturated rings. The van der Waals surface area contributed by atoms with E-state index in [4.69, 9.17) is 0 Å². The number of amides is 1. The SMILES string of the molecule is CC1(C)CCCNC1C(=O)N1CCCCC1. The van der Waals surface area contributed by atoms with E-state index in [1.165, 1.54) is 25.7 Å². The molecule has 0 radical (unpaired) electrons. The molecule has 2 heterocycles.